The summed E-state index contributed by atoms with van der Waals surface area (Å²) >= 11 is 13.2. The van der Waals surface area contributed by atoms with Crippen LogP contribution in [0.25, 0.3) is 10.6 Å². The molecule has 4 rings (SSSR count). The molecule has 4 aromatic rings. The van der Waals surface area contributed by atoms with Crippen LogP contribution in [0.4, 0.5) is 11.6 Å². The number of anilines is 2. The number of aliphatic carboxylic acids is 1. The molecule has 0 fully saturated rings. The Morgan fingerprint density at radius 3 is 2.27 bits per heavy atom. The van der Waals surface area contributed by atoms with Crippen molar-refractivity contribution >= 4 is 64.2 Å². The average Bonchev–Trinajstić information content (AvgIpc) is 3.31. The fourth-order valence-corrected chi connectivity index (χ4v) is 4.61. The van der Waals surface area contributed by atoms with Crippen molar-refractivity contribution in [2.75, 3.05) is 11.1 Å². The lowest BCUT2D eigenvalue weighted by molar-refractivity contribution is -0.139. The van der Waals surface area contributed by atoms with E-state index in [1.165, 1.54) is 12.1 Å². The highest BCUT2D eigenvalue weighted by atomic mass is 35.5. The van der Waals surface area contributed by atoms with Gasteiger partial charge in [0, 0.05) is 23.2 Å². The van der Waals surface area contributed by atoms with E-state index in [0.717, 1.165) is 17.1 Å². The molecule has 0 bridgehead atoms. The molecule has 1 atom stereocenters. The third-order valence-corrected chi connectivity index (χ3v) is 6.67. The number of carbonyl (C=O) groups is 3. The Labute approximate surface area is 225 Å². The standard InChI is InChI=1S/C25H19Cl2N5O4S/c26-17-5-2-6-18(27)20(17)22(34)30-19(24(35)36)11-13-7-9-16(10-8-13)29-21(33)14-3-1-4-15(12-14)23-31-25(28)32-37-23/h1-10,12,19H,11H2,(H2,28,32)(H,29,33)(H,30,34)(H,35,36)/t19-/m0/s1. The SMILES string of the molecule is Nc1nsc(-c2cccc(C(=O)Nc3ccc(C[C@H](NC(=O)c4c(Cl)cccc4Cl)C(=O)O)cc3)c2)n1. The van der Waals surface area contributed by atoms with Crippen LogP contribution in [0, 0.1) is 0 Å². The summed E-state index contributed by atoms with van der Waals surface area (Å²) in [5, 5.41) is 15.7. The second-order valence-electron chi connectivity index (χ2n) is 7.85. The molecule has 2 amide bonds. The second-order valence-corrected chi connectivity index (χ2v) is 9.42. The largest absolute Gasteiger partial charge is 0.480 e. The van der Waals surface area contributed by atoms with E-state index < -0.39 is 17.9 Å². The summed E-state index contributed by atoms with van der Waals surface area (Å²) in [6.07, 6.45) is 0.00436. The molecule has 0 aliphatic heterocycles. The molecule has 0 saturated heterocycles. The van der Waals surface area contributed by atoms with Gasteiger partial charge in [-0.1, -0.05) is 53.5 Å². The van der Waals surface area contributed by atoms with Crippen molar-refractivity contribution in [2.24, 2.45) is 0 Å². The minimum absolute atomic E-state index is 0.00436. The van der Waals surface area contributed by atoms with Crippen molar-refractivity contribution in [1.82, 2.24) is 14.7 Å². The zero-order chi connectivity index (χ0) is 26.5. The molecule has 3 aromatic carbocycles. The molecule has 0 radical (unpaired) electrons. The first-order chi connectivity index (χ1) is 17.7. The second kappa shape index (κ2) is 11.4. The number of benzene rings is 3. The minimum atomic E-state index is -1.22. The molecule has 0 aliphatic carbocycles. The lowest BCUT2D eigenvalue weighted by atomic mass is 10.0. The van der Waals surface area contributed by atoms with Crippen LogP contribution in [0.1, 0.15) is 26.3 Å². The summed E-state index contributed by atoms with van der Waals surface area (Å²) in [5.74, 6) is -2.07. The summed E-state index contributed by atoms with van der Waals surface area (Å²) in [7, 11) is 0. The monoisotopic (exact) mass is 555 g/mol. The van der Waals surface area contributed by atoms with E-state index in [4.69, 9.17) is 28.9 Å². The van der Waals surface area contributed by atoms with E-state index in [-0.39, 0.29) is 33.9 Å². The molecule has 188 valence electrons. The van der Waals surface area contributed by atoms with Gasteiger partial charge in [-0.3, -0.25) is 9.59 Å². The molecule has 1 heterocycles. The van der Waals surface area contributed by atoms with Gasteiger partial charge in [-0.05, 0) is 53.5 Å². The quantitative estimate of drug-likeness (QED) is 0.244. The van der Waals surface area contributed by atoms with E-state index in [9.17, 15) is 19.5 Å². The molecule has 9 nitrogen and oxygen atoms in total. The molecule has 1 aromatic heterocycles. The number of nitrogens with two attached hydrogens (primary N) is 1. The Morgan fingerprint density at radius 2 is 1.65 bits per heavy atom. The van der Waals surface area contributed by atoms with Gasteiger partial charge >= 0.3 is 5.97 Å². The number of amides is 2. The summed E-state index contributed by atoms with van der Waals surface area (Å²) in [4.78, 5) is 41.3. The van der Waals surface area contributed by atoms with Crippen LogP contribution in [-0.2, 0) is 11.2 Å². The number of aromatic nitrogens is 2. The van der Waals surface area contributed by atoms with Crippen molar-refractivity contribution in [3.63, 3.8) is 0 Å². The highest BCUT2D eigenvalue weighted by Crippen LogP contribution is 2.25. The smallest absolute Gasteiger partial charge is 0.326 e. The number of nitrogen functional groups attached to an aromatic ring is 1. The number of carboxylic acids is 1. The molecule has 0 spiro atoms. The highest BCUT2D eigenvalue weighted by Gasteiger charge is 2.24. The topological polar surface area (TPSA) is 147 Å². The van der Waals surface area contributed by atoms with E-state index in [1.54, 1.807) is 48.5 Å². The van der Waals surface area contributed by atoms with Gasteiger partial charge in [0.1, 0.15) is 11.0 Å². The first kappa shape index (κ1) is 26.1. The fraction of sp³-hybridized carbons (Fsp3) is 0.0800. The minimum Gasteiger partial charge on any atom is -0.480 e. The summed E-state index contributed by atoms with van der Waals surface area (Å²) in [6, 6.07) is 16.9. The Balaban J connectivity index is 1.41. The molecular formula is C25H19Cl2N5O4S. The van der Waals surface area contributed by atoms with Crippen molar-refractivity contribution in [2.45, 2.75) is 12.5 Å². The van der Waals surface area contributed by atoms with E-state index in [0.29, 0.717) is 21.8 Å². The number of carboxylic acid groups (broad SMARTS) is 1. The van der Waals surface area contributed by atoms with Gasteiger partial charge in [0.05, 0.1) is 15.6 Å². The molecule has 0 saturated carbocycles. The van der Waals surface area contributed by atoms with E-state index in [1.807, 2.05) is 6.07 Å². The predicted molar refractivity (Wildman–Crippen MR) is 143 cm³/mol. The Bertz CT molecular complexity index is 1460. The van der Waals surface area contributed by atoms with Crippen LogP contribution in [0.5, 0.6) is 0 Å². The van der Waals surface area contributed by atoms with Crippen molar-refractivity contribution in [1.29, 1.82) is 0 Å². The maximum absolute atomic E-state index is 12.8. The van der Waals surface area contributed by atoms with Crippen LogP contribution < -0.4 is 16.4 Å². The molecule has 5 N–H and O–H groups in total. The van der Waals surface area contributed by atoms with E-state index >= 15 is 0 Å². The molecule has 0 aliphatic rings. The van der Waals surface area contributed by atoms with Gasteiger partial charge in [-0.15, -0.1) is 0 Å². The highest BCUT2D eigenvalue weighted by molar-refractivity contribution is 7.09. The molecule has 37 heavy (non-hydrogen) atoms. The molecule has 0 unspecified atom stereocenters. The van der Waals surface area contributed by atoms with Crippen LogP contribution in [-0.4, -0.2) is 38.3 Å². The Morgan fingerprint density at radius 1 is 0.973 bits per heavy atom. The zero-order valence-corrected chi connectivity index (χ0v) is 21.3. The van der Waals surface area contributed by atoms with Crippen LogP contribution in [0.15, 0.2) is 66.7 Å². The first-order valence-electron chi connectivity index (χ1n) is 10.8. The first-order valence-corrected chi connectivity index (χ1v) is 12.3. The number of hydrogen-bond donors (Lipinski definition) is 4. The molecule has 12 heteroatoms. The van der Waals surface area contributed by atoms with Crippen LogP contribution in [0.3, 0.4) is 0 Å². The third kappa shape index (κ3) is 6.42. The Kier molecular flexibility index (Phi) is 8.02. The summed E-state index contributed by atoms with van der Waals surface area (Å²) in [6.45, 7) is 0. The van der Waals surface area contributed by atoms with E-state index in [2.05, 4.69) is 20.0 Å². The number of halogens is 2. The Hall–Kier alpha value is -3.99. The third-order valence-electron chi connectivity index (χ3n) is 5.26. The number of nitrogens with one attached hydrogen (secondary N) is 2. The number of carbonyl (C=O) groups excluding carboxylic acids is 2. The maximum Gasteiger partial charge on any atom is 0.326 e. The molecular weight excluding hydrogens is 537 g/mol. The lowest BCUT2D eigenvalue weighted by Crippen LogP contribution is -2.42. The normalized spacial score (nSPS) is 11.5. The van der Waals surface area contributed by atoms with Gasteiger partial charge in [0.25, 0.3) is 11.8 Å². The van der Waals surface area contributed by atoms with Gasteiger partial charge in [-0.25, -0.2) is 4.79 Å². The lowest BCUT2D eigenvalue weighted by Gasteiger charge is -2.16. The number of hydrogen-bond acceptors (Lipinski definition) is 7. The number of rotatable bonds is 8. The number of nitrogens with zero attached hydrogens (tertiary/aromatic N) is 2. The zero-order valence-electron chi connectivity index (χ0n) is 18.9. The predicted octanol–water partition coefficient (Wildman–Crippen LogP) is 4.77. The fourth-order valence-electron chi connectivity index (χ4n) is 3.45. The van der Waals surface area contributed by atoms with Gasteiger partial charge < -0.3 is 21.5 Å². The average molecular weight is 556 g/mol. The van der Waals surface area contributed by atoms with Crippen molar-refractivity contribution in [3.8, 4) is 10.6 Å². The van der Waals surface area contributed by atoms with Crippen molar-refractivity contribution in [3.05, 3.63) is 93.5 Å². The van der Waals surface area contributed by atoms with Crippen LogP contribution in [0.2, 0.25) is 10.0 Å². The van der Waals surface area contributed by atoms with Crippen LogP contribution >= 0.6 is 34.7 Å². The summed E-state index contributed by atoms with van der Waals surface area (Å²) < 4.78 is 3.95. The summed E-state index contributed by atoms with van der Waals surface area (Å²) in [5.41, 5.74) is 7.87. The van der Waals surface area contributed by atoms with Gasteiger partial charge in [-0.2, -0.15) is 9.36 Å². The maximum atomic E-state index is 12.8. The van der Waals surface area contributed by atoms with Crippen molar-refractivity contribution < 1.29 is 19.5 Å². The van der Waals surface area contributed by atoms with Gasteiger partial charge in [0.15, 0.2) is 0 Å². The van der Waals surface area contributed by atoms with Gasteiger partial charge in [0.2, 0.25) is 5.95 Å².